The number of anilines is 1. The molecule has 130 valence electrons. The average Bonchev–Trinajstić information content (AvgIpc) is 2.47. The maximum atomic E-state index is 13.6. The molecular weight excluding hydrogens is 345 g/mol. The van der Waals surface area contributed by atoms with E-state index in [1.54, 1.807) is 0 Å². The highest BCUT2D eigenvalue weighted by Crippen LogP contribution is 2.27. The van der Waals surface area contributed by atoms with Crippen molar-refractivity contribution >= 4 is 28.4 Å². The van der Waals surface area contributed by atoms with Crippen molar-refractivity contribution in [2.75, 3.05) is 38.0 Å². The monoisotopic (exact) mass is 364 g/mol. The van der Waals surface area contributed by atoms with Crippen molar-refractivity contribution in [1.82, 2.24) is 10.6 Å². The Hall–Kier alpha value is -0.770. The second-order valence-corrected chi connectivity index (χ2v) is 6.95. The summed E-state index contributed by atoms with van der Waals surface area (Å²) < 4.78 is 35.2. The van der Waals surface area contributed by atoms with Crippen molar-refractivity contribution in [1.29, 1.82) is 0 Å². The average molecular weight is 365 g/mol. The zero-order valence-corrected chi connectivity index (χ0v) is 14.1. The van der Waals surface area contributed by atoms with Crippen molar-refractivity contribution in [3.8, 4) is 0 Å². The van der Waals surface area contributed by atoms with Gasteiger partial charge in [0.15, 0.2) is 0 Å². The lowest BCUT2D eigenvalue weighted by atomic mass is 9.97. The molecule has 9 heteroatoms. The molecule has 1 aliphatic heterocycles. The molecule has 1 aliphatic rings. The molecule has 0 radical (unpaired) electrons. The van der Waals surface area contributed by atoms with Gasteiger partial charge in [0, 0.05) is 26.2 Å². The van der Waals surface area contributed by atoms with Gasteiger partial charge in [-0.3, -0.25) is 4.21 Å². The maximum absolute atomic E-state index is 13.6. The van der Waals surface area contributed by atoms with Crippen molar-refractivity contribution in [2.45, 2.75) is 23.3 Å². The quantitative estimate of drug-likeness (QED) is 0.383. The molecule has 0 aromatic heterocycles. The number of β-amino-alcohol motifs (C(OH)–C–C–N with tert-alkyl or cyclic N) is 1. The summed E-state index contributed by atoms with van der Waals surface area (Å²) in [4.78, 5) is -0.437. The Labute approximate surface area is 142 Å². The van der Waals surface area contributed by atoms with E-state index in [1.165, 1.54) is 0 Å². The fourth-order valence-corrected chi connectivity index (χ4v) is 2.98. The number of hydrogen-bond donors (Lipinski definition) is 4. The minimum atomic E-state index is -2.64. The summed E-state index contributed by atoms with van der Waals surface area (Å²) in [6.45, 7) is 3.18. The highest BCUT2D eigenvalue weighted by molar-refractivity contribution is 7.79. The van der Waals surface area contributed by atoms with E-state index < -0.39 is 27.4 Å². The molecule has 6 nitrogen and oxygen atoms in total. The first-order valence-electron chi connectivity index (χ1n) is 7.37. The molecule has 4 N–H and O–H groups in total. The molecule has 1 heterocycles. The number of benzene rings is 1. The zero-order valence-electron chi connectivity index (χ0n) is 12.5. The third kappa shape index (κ3) is 5.37. The number of aliphatic hydroxyl groups is 1. The topological polar surface area (TPSA) is 96.5 Å². The fourth-order valence-electron chi connectivity index (χ4n) is 2.25. The van der Waals surface area contributed by atoms with Crippen molar-refractivity contribution in [3.05, 3.63) is 23.0 Å². The Morgan fingerprint density at radius 1 is 1.39 bits per heavy atom. The summed E-state index contributed by atoms with van der Waals surface area (Å²) >= 11 is 3.29. The first-order chi connectivity index (χ1) is 10.9. The number of nitrogens with one attached hydrogen (secondary N) is 3. The first-order valence-corrected chi connectivity index (χ1v) is 8.83. The lowest BCUT2D eigenvalue weighted by molar-refractivity contribution is -0.00821. The van der Waals surface area contributed by atoms with Crippen molar-refractivity contribution < 1.29 is 18.3 Å². The molecule has 0 saturated carbocycles. The van der Waals surface area contributed by atoms with Gasteiger partial charge in [-0.2, -0.15) is 0 Å². The van der Waals surface area contributed by atoms with Crippen LogP contribution < -0.4 is 16.0 Å². The second-order valence-electron chi connectivity index (χ2n) is 5.64. The van der Waals surface area contributed by atoms with Crippen LogP contribution in [0.2, 0.25) is 5.02 Å². The molecular formula is C14H20ClFN3O3S-. The first kappa shape index (κ1) is 18.6. The van der Waals surface area contributed by atoms with E-state index in [2.05, 4.69) is 16.0 Å². The molecule has 1 saturated heterocycles. The van der Waals surface area contributed by atoms with E-state index in [9.17, 15) is 18.3 Å². The van der Waals surface area contributed by atoms with Crippen LogP contribution in [-0.4, -0.2) is 52.2 Å². The smallest absolute Gasteiger partial charge is 0.140 e. The molecule has 0 bridgehead atoms. The largest absolute Gasteiger partial charge is 0.768 e. The van der Waals surface area contributed by atoms with E-state index in [-0.39, 0.29) is 5.02 Å². The predicted molar refractivity (Wildman–Crippen MR) is 87.0 cm³/mol. The summed E-state index contributed by atoms with van der Waals surface area (Å²) in [6, 6.07) is 2.18. The molecule has 1 atom stereocenters. The molecule has 2 rings (SSSR count). The van der Waals surface area contributed by atoms with Gasteiger partial charge in [-0.05, 0) is 42.6 Å². The van der Waals surface area contributed by atoms with Crippen LogP contribution in [0.15, 0.2) is 17.0 Å². The van der Waals surface area contributed by atoms with Gasteiger partial charge in [0.25, 0.3) is 0 Å². The van der Waals surface area contributed by atoms with Gasteiger partial charge in [0.2, 0.25) is 0 Å². The van der Waals surface area contributed by atoms with E-state index in [1.807, 2.05) is 0 Å². The molecule has 1 aromatic carbocycles. The van der Waals surface area contributed by atoms with Crippen LogP contribution in [0.3, 0.4) is 0 Å². The van der Waals surface area contributed by atoms with E-state index in [0.29, 0.717) is 31.9 Å². The standard InChI is InChI=1S/C14H21ClFN3O3S/c15-10-5-13(23(21)22)11(16)6-12(10)19-4-2-1-3-17-7-14(20)8-18-9-14/h5-6,17-20H,1-4,7-9H2,(H,21,22)/p-1. The molecule has 0 aliphatic carbocycles. The van der Waals surface area contributed by atoms with Crippen LogP contribution >= 0.6 is 11.6 Å². The van der Waals surface area contributed by atoms with Gasteiger partial charge >= 0.3 is 0 Å². The Morgan fingerprint density at radius 3 is 2.70 bits per heavy atom. The lowest BCUT2D eigenvalue weighted by Gasteiger charge is -2.37. The van der Waals surface area contributed by atoms with Crippen LogP contribution in [-0.2, 0) is 11.1 Å². The number of unbranched alkanes of at least 4 members (excludes halogenated alkanes) is 1. The third-order valence-electron chi connectivity index (χ3n) is 3.66. The third-order valence-corrected chi connectivity index (χ3v) is 4.64. The highest BCUT2D eigenvalue weighted by atomic mass is 35.5. The normalized spacial score (nSPS) is 17.6. The molecule has 0 spiro atoms. The van der Waals surface area contributed by atoms with Crippen LogP contribution in [0, 0.1) is 5.82 Å². The van der Waals surface area contributed by atoms with Crippen LogP contribution in [0.1, 0.15) is 12.8 Å². The summed E-state index contributed by atoms with van der Waals surface area (Å²) in [5.41, 5.74) is -0.242. The molecule has 1 fully saturated rings. The maximum Gasteiger partial charge on any atom is 0.140 e. The molecule has 0 amide bonds. The molecule has 1 unspecified atom stereocenters. The van der Waals surface area contributed by atoms with Crippen molar-refractivity contribution in [2.24, 2.45) is 0 Å². The Morgan fingerprint density at radius 2 is 2.09 bits per heavy atom. The predicted octanol–water partition coefficient (Wildman–Crippen LogP) is 0.833. The van der Waals surface area contributed by atoms with Crippen molar-refractivity contribution in [3.63, 3.8) is 0 Å². The van der Waals surface area contributed by atoms with E-state index >= 15 is 0 Å². The van der Waals surface area contributed by atoms with Crippen LogP contribution in [0.5, 0.6) is 0 Å². The van der Waals surface area contributed by atoms with E-state index in [0.717, 1.165) is 31.5 Å². The molecule has 23 heavy (non-hydrogen) atoms. The molecule has 1 aromatic rings. The second kappa shape index (κ2) is 8.36. The van der Waals surface area contributed by atoms with Gasteiger partial charge in [-0.1, -0.05) is 11.6 Å². The highest BCUT2D eigenvalue weighted by Gasteiger charge is 2.33. The minimum absolute atomic E-state index is 0.170. The zero-order chi connectivity index (χ0) is 16.9. The Kier molecular flexibility index (Phi) is 6.75. The number of rotatable bonds is 9. The number of hydrogen-bond acceptors (Lipinski definition) is 6. The summed E-state index contributed by atoms with van der Waals surface area (Å²) in [5.74, 6) is -0.825. The van der Waals surface area contributed by atoms with Crippen LogP contribution in [0.4, 0.5) is 10.1 Å². The summed E-state index contributed by atoms with van der Waals surface area (Å²) in [7, 11) is 0. The Bertz CT molecular complexity index is 572. The Balaban J connectivity index is 1.66. The lowest BCUT2D eigenvalue weighted by Crippen LogP contribution is -2.64. The van der Waals surface area contributed by atoms with Gasteiger partial charge in [-0.25, -0.2) is 4.39 Å². The fraction of sp³-hybridized carbons (Fsp3) is 0.571. The number of halogens is 2. The van der Waals surface area contributed by atoms with E-state index in [4.69, 9.17) is 11.6 Å². The summed E-state index contributed by atoms with van der Waals surface area (Å²) in [6.07, 6.45) is 1.72. The van der Waals surface area contributed by atoms with Crippen LogP contribution in [0.25, 0.3) is 0 Å². The minimum Gasteiger partial charge on any atom is -0.768 e. The van der Waals surface area contributed by atoms with Gasteiger partial charge in [0.05, 0.1) is 15.6 Å². The SMILES string of the molecule is O=S([O-])c1cc(Cl)c(NCCCCNCC2(O)CNC2)cc1F. The summed E-state index contributed by atoms with van der Waals surface area (Å²) in [5, 5.41) is 19.2. The van der Waals surface area contributed by atoms with Gasteiger partial charge in [-0.15, -0.1) is 0 Å². The van der Waals surface area contributed by atoms with Gasteiger partial charge in [0.1, 0.15) is 11.4 Å². The van der Waals surface area contributed by atoms with Gasteiger partial charge < -0.3 is 25.6 Å².